The molecule has 0 atom stereocenters. The Morgan fingerprint density at radius 2 is 2.30 bits per heavy atom. The van der Waals surface area contributed by atoms with Crippen molar-refractivity contribution in [3.63, 3.8) is 0 Å². The maximum Gasteiger partial charge on any atom is 0.0964 e. The summed E-state index contributed by atoms with van der Waals surface area (Å²) < 4.78 is 1.92. The second kappa shape index (κ2) is 7.52. The van der Waals surface area contributed by atoms with Crippen molar-refractivity contribution >= 4 is 11.3 Å². The molecule has 2 aromatic heterocycles. The molecule has 6 heteroatoms. The van der Waals surface area contributed by atoms with E-state index < -0.39 is 0 Å². The number of likely N-dealkylation sites (N-methyl/N-ethyl adjacent to an activating group) is 1. The zero-order chi connectivity index (χ0) is 14.4. The molecule has 2 heterocycles. The first-order valence-electron chi connectivity index (χ1n) is 6.95. The molecule has 0 saturated heterocycles. The zero-order valence-electron chi connectivity index (χ0n) is 12.4. The van der Waals surface area contributed by atoms with Crippen LogP contribution in [-0.2, 0) is 19.6 Å². The molecule has 0 spiro atoms. The molecule has 0 aliphatic rings. The predicted molar refractivity (Wildman–Crippen MR) is 82.7 cm³/mol. The van der Waals surface area contributed by atoms with Crippen LogP contribution >= 0.6 is 11.3 Å². The topological polar surface area (TPSA) is 46.0 Å². The lowest BCUT2D eigenvalue weighted by atomic mass is 10.3. The number of nitrogens with one attached hydrogen (secondary N) is 1. The Kier molecular flexibility index (Phi) is 5.70. The number of hydrogen-bond donors (Lipinski definition) is 1. The molecular weight excluding hydrogens is 270 g/mol. The number of hydrogen-bond acceptors (Lipinski definition) is 5. The summed E-state index contributed by atoms with van der Waals surface area (Å²) in [5.41, 5.74) is 2.37. The van der Waals surface area contributed by atoms with Gasteiger partial charge in [-0.1, -0.05) is 19.1 Å². The van der Waals surface area contributed by atoms with E-state index in [2.05, 4.69) is 58.3 Å². The van der Waals surface area contributed by atoms with Gasteiger partial charge < -0.3 is 10.2 Å². The number of rotatable bonds is 8. The summed E-state index contributed by atoms with van der Waals surface area (Å²) in [6.45, 7) is 7.86. The Morgan fingerprint density at radius 1 is 1.45 bits per heavy atom. The molecule has 0 saturated carbocycles. The summed E-state index contributed by atoms with van der Waals surface area (Å²) in [6, 6.07) is 2.64. The Balaban J connectivity index is 1.73. The minimum atomic E-state index is 0.469. The van der Waals surface area contributed by atoms with E-state index in [1.165, 1.54) is 5.56 Å². The van der Waals surface area contributed by atoms with Crippen LogP contribution in [0.4, 0.5) is 0 Å². The summed E-state index contributed by atoms with van der Waals surface area (Å²) >= 11 is 1.75. The second-order valence-electron chi connectivity index (χ2n) is 5.38. The van der Waals surface area contributed by atoms with Crippen LogP contribution in [0.3, 0.4) is 0 Å². The van der Waals surface area contributed by atoms with Gasteiger partial charge in [0.25, 0.3) is 0 Å². The third-order valence-corrected chi connectivity index (χ3v) is 3.75. The summed E-state index contributed by atoms with van der Waals surface area (Å²) in [5.74, 6) is 0. The van der Waals surface area contributed by atoms with Gasteiger partial charge in [-0.3, -0.25) is 4.68 Å². The van der Waals surface area contributed by atoms with Crippen LogP contribution in [0.5, 0.6) is 0 Å². The molecule has 0 bridgehead atoms. The van der Waals surface area contributed by atoms with E-state index in [9.17, 15) is 0 Å². The van der Waals surface area contributed by atoms with Gasteiger partial charge in [-0.2, -0.15) is 11.3 Å². The fourth-order valence-corrected chi connectivity index (χ4v) is 2.54. The van der Waals surface area contributed by atoms with Gasteiger partial charge in [0.1, 0.15) is 0 Å². The fraction of sp³-hybridized carbons (Fsp3) is 0.571. The molecular formula is C14H23N5S. The third kappa shape index (κ3) is 5.03. The first-order valence-corrected chi connectivity index (χ1v) is 7.90. The van der Waals surface area contributed by atoms with Gasteiger partial charge in [0.05, 0.1) is 12.2 Å². The Labute approximate surface area is 124 Å². The molecule has 5 nitrogen and oxygen atoms in total. The molecule has 0 aliphatic heterocycles. The van der Waals surface area contributed by atoms with Crippen LogP contribution < -0.4 is 5.32 Å². The maximum atomic E-state index is 4.18. The van der Waals surface area contributed by atoms with E-state index in [0.29, 0.717) is 6.04 Å². The van der Waals surface area contributed by atoms with Crippen molar-refractivity contribution in [1.82, 2.24) is 25.2 Å². The van der Waals surface area contributed by atoms with Gasteiger partial charge in [-0.25, -0.2) is 0 Å². The molecule has 0 radical (unpaired) electrons. The van der Waals surface area contributed by atoms with E-state index in [4.69, 9.17) is 0 Å². The minimum Gasteiger partial charge on any atom is -0.309 e. The number of aromatic nitrogens is 3. The number of thiophene rings is 1. The van der Waals surface area contributed by atoms with Gasteiger partial charge in [-0.15, -0.1) is 5.10 Å². The zero-order valence-corrected chi connectivity index (χ0v) is 13.2. The van der Waals surface area contributed by atoms with Crippen molar-refractivity contribution in [3.05, 3.63) is 34.3 Å². The van der Waals surface area contributed by atoms with Gasteiger partial charge in [0.15, 0.2) is 0 Å². The SMILES string of the molecule is CC(C)NCc1cn(CCN(C)Cc2ccsc2)nn1. The second-order valence-corrected chi connectivity index (χ2v) is 6.16. The number of nitrogens with zero attached hydrogens (tertiary/aromatic N) is 4. The summed E-state index contributed by atoms with van der Waals surface area (Å²) in [7, 11) is 2.13. The molecule has 20 heavy (non-hydrogen) atoms. The monoisotopic (exact) mass is 293 g/mol. The normalized spacial score (nSPS) is 11.7. The molecule has 0 unspecified atom stereocenters. The summed E-state index contributed by atoms with van der Waals surface area (Å²) in [4.78, 5) is 2.30. The van der Waals surface area contributed by atoms with Crippen molar-refractivity contribution in [2.45, 2.75) is 39.5 Å². The highest BCUT2D eigenvalue weighted by molar-refractivity contribution is 7.07. The lowest BCUT2D eigenvalue weighted by Crippen LogP contribution is -2.23. The van der Waals surface area contributed by atoms with Crippen LogP contribution in [-0.4, -0.2) is 39.5 Å². The van der Waals surface area contributed by atoms with Crippen molar-refractivity contribution < 1.29 is 0 Å². The molecule has 0 aliphatic carbocycles. The minimum absolute atomic E-state index is 0.469. The van der Waals surface area contributed by atoms with Gasteiger partial charge in [0.2, 0.25) is 0 Å². The Morgan fingerprint density at radius 3 is 3.00 bits per heavy atom. The highest BCUT2D eigenvalue weighted by Gasteiger charge is 2.04. The van der Waals surface area contributed by atoms with E-state index in [1.54, 1.807) is 11.3 Å². The molecule has 1 N–H and O–H groups in total. The van der Waals surface area contributed by atoms with Crippen molar-refractivity contribution in [1.29, 1.82) is 0 Å². The van der Waals surface area contributed by atoms with E-state index in [-0.39, 0.29) is 0 Å². The lowest BCUT2D eigenvalue weighted by Gasteiger charge is -2.15. The molecule has 0 amide bonds. The highest BCUT2D eigenvalue weighted by atomic mass is 32.1. The molecule has 110 valence electrons. The first kappa shape index (κ1) is 15.2. The highest BCUT2D eigenvalue weighted by Crippen LogP contribution is 2.08. The molecule has 2 aromatic rings. The Hall–Kier alpha value is -1.24. The quantitative estimate of drug-likeness (QED) is 0.808. The lowest BCUT2D eigenvalue weighted by molar-refractivity contribution is 0.304. The largest absolute Gasteiger partial charge is 0.309 e. The fourth-order valence-electron chi connectivity index (χ4n) is 1.88. The van der Waals surface area contributed by atoms with Gasteiger partial charge >= 0.3 is 0 Å². The maximum absolute atomic E-state index is 4.18. The molecule has 2 rings (SSSR count). The van der Waals surface area contributed by atoms with Crippen LogP contribution in [0, 0.1) is 0 Å². The van der Waals surface area contributed by atoms with Crippen LogP contribution in [0.2, 0.25) is 0 Å². The van der Waals surface area contributed by atoms with Gasteiger partial charge in [0, 0.05) is 31.9 Å². The Bertz CT molecular complexity index is 491. The first-order chi connectivity index (χ1) is 9.63. The van der Waals surface area contributed by atoms with E-state index >= 15 is 0 Å². The predicted octanol–water partition coefficient (Wildman–Crippen LogP) is 1.97. The summed E-state index contributed by atoms with van der Waals surface area (Å²) in [5, 5.41) is 16.0. The van der Waals surface area contributed by atoms with Crippen LogP contribution in [0.1, 0.15) is 25.1 Å². The average molecular weight is 293 g/mol. The molecule has 0 fully saturated rings. The van der Waals surface area contributed by atoms with E-state index in [1.807, 2.05) is 10.9 Å². The third-order valence-electron chi connectivity index (χ3n) is 3.02. The molecule has 0 aromatic carbocycles. The standard InChI is InChI=1S/C14H23N5S/c1-12(2)15-8-14-10-19(17-16-14)6-5-18(3)9-13-4-7-20-11-13/h4,7,10-12,15H,5-6,8-9H2,1-3H3. The van der Waals surface area contributed by atoms with Crippen LogP contribution in [0.25, 0.3) is 0 Å². The van der Waals surface area contributed by atoms with E-state index in [0.717, 1.165) is 31.9 Å². The van der Waals surface area contributed by atoms with Crippen molar-refractivity contribution in [2.24, 2.45) is 0 Å². The summed E-state index contributed by atoms with van der Waals surface area (Å²) in [6.07, 6.45) is 2.02. The average Bonchev–Trinajstić information content (AvgIpc) is 3.05. The smallest absolute Gasteiger partial charge is 0.0964 e. The van der Waals surface area contributed by atoms with Crippen LogP contribution in [0.15, 0.2) is 23.0 Å². The van der Waals surface area contributed by atoms with Crippen molar-refractivity contribution in [3.8, 4) is 0 Å². The van der Waals surface area contributed by atoms with Crippen molar-refractivity contribution in [2.75, 3.05) is 13.6 Å². The van der Waals surface area contributed by atoms with Gasteiger partial charge in [-0.05, 0) is 29.4 Å².